The van der Waals surface area contributed by atoms with E-state index in [-0.39, 0.29) is 5.57 Å². The summed E-state index contributed by atoms with van der Waals surface area (Å²) in [6.07, 6.45) is 4.51. The second-order valence-corrected chi connectivity index (χ2v) is 3.95. The minimum Gasteiger partial charge on any atom is -0.497 e. The lowest BCUT2D eigenvalue weighted by Crippen LogP contribution is -2.00. The van der Waals surface area contributed by atoms with Crippen LogP contribution in [0.4, 0.5) is 0 Å². The first-order valence-electron chi connectivity index (χ1n) is 4.96. The summed E-state index contributed by atoms with van der Waals surface area (Å²) in [5.74, 6) is 0.746. The van der Waals surface area contributed by atoms with Gasteiger partial charge in [0.05, 0.1) is 12.7 Å². The van der Waals surface area contributed by atoms with Crippen LogP contribution < -0.4 is 4.74 Å². The molecule has 0 saturated heterocycles. The molecule has 0 radical (unpaired) electrons. The highest BCUT2D eigenvalue weighted by atomic mass is 35.5. The Morgan fingerprint density at radius 2 is 1.67 bits per heavy atom. The molecule has 0 amide bonds. The average molecular weight is 285 g/mol. The smallest absolute Gasteiger partial charge is 0.257 e. The lowest BCUT2D eigenvalue weighted by atomic mass is 10.2. The van der Waals surface area contributed by atoms with Crippen molar-refractivity contribution in [2.24, 2.45) is 0 Å². The summed E-state index contributed by atoms with van der Waals surface area (Å²) < 4.78 is 5.01. The van der Waals surface area contributed by atoms with Crippen LogP contribution in [-0.4, -0.2) is 17.6 Å². The minimum atomic E-state index is -0.880. The van der Waals surface area contributed by atoms with Gasteiger partial charge in [-0.25, -0.2) is 0 Å². The van der Waals surface area contributed by atoms with Crippen LogP contribution in [0, 0.1) is 0 Å². The molecule has 0 unspecified atom stereocenters. The van der Waals surface area contributed by atoms with E-state index < -0.39 is 10.5 Å². The molecule has 5 heteroatoms. The van der Waals surface area contributed by atoms with Gasteiger partial charge in [0.1, 0.15) is 5.75 Å². The number of ether oxygens (including phenoxy) is 1. The fourth-order valence-electron chi connectivity index (χ4n) is 1.18. The Morgan fingerprint density at radius 1 is 1.11 bits per heavy atom. The Labute approximate surface area is 115 Å². The van der Waals surface area contributed by atoms with Crippen molar-refractivity contribution in [3.8, 4) is 5.75 Å². The van der Waals surface area contributed by atoms with E-state index in [1.54, 1.807) is 25.3 Å². The maximum absolute atomic E-state index is 10.9. The number of rotatable bonds is 5. The van der Waals surface area contributed by atoms with Gasteiger partial charge in [0.15, 0.2) is 0 Å². The Kier molecular flexibility index (Phi) is 5.62. The molecule has 0 aliphatic carbocycles. The maximum Gasteiger partial charge on any atom is 0.257 e. The zero-order valence-corrected chi connectivity index (χ0v) is 11.0. The van der Waals surface area contributed by atoms with Crippen LogP contribution in [0.3, 0.4) is 0 Å². The lowest BCUT2D eigenvalue weighted by molar-refractivity contribution is -0.113. The molecule has 0 bridgehead atoms. The van der Waals surface area contributed by atoms with Crippen LogP contribution in [-0.2, 0) is 9.59 Å². The van der Waals surface area contributed by atoms with Gasteiger partial charge in [-0.3, -0.25) is 9.59 Å². The molecule has 0 aliphatic heterocycles. The Balaban J connectivity index is 2.82. The Hall–Kier alpha value is -1.58. The first-order chi connectivity index (χ1) is 8.54. The molecule has 0 atom stereocenters. The van der Waals surface area contributed by atoms with Gasteiger partial charge in [0.2, 0.25) is 0 Å². The predicted octanol–water partition coefficient (Wildman–Crippen LogP) is 3.17. The van der Waals surface area contributed by atoms with Crippen LogP contribution in [0.15, 0.2) is 42.0 Å². The number of hydrogen-bond acceptors (Lipinski definition) is 3. The van der Waals surface area contributed by atoms with Crippen LogP contribution in [0.5, 0.6) is 5.75 Å². The number of benzene rings is 1. The van der Waals surface area contributed by atoms with Crippen LogP contribution >= 0.6 is 23.2 Å². The van der Waals surface area contributed by atoms with Crippen molar-refractivity contribution in [3.05, 3.63) is 47.6 Å². The molecule has 1 aromatic carbocycles. The zero-order valence-electron chi connectivity index (χ0n) is 9.52. The van der Waals surface area contributed by atoms with Crippen molar-refractivity contribution in [1.82, 2.24) is 0 Å². The molecule has 18 heavy (non-hydrogen) atoms. The zero-order chi connectivity index (χ0) is 13.5. The summed E-state index contributed by atoms with van der Waals surface area (Å²) in [6, 6.07) is 7.25. The van der Waals surface area contributed by atoms with Gasteiger partial charge in [-0.15, -0.1) is 0 Å². The fourth-order valence-corrected chi connectivity index (χ4v) is 1.52. The van der Waals surface area contributed by atoms with E-state index in [0.717, 1.165) is 11.3 Å². The third-order valence-corrected chi connectivity index (χ3v) is 2.50. The van der Waals surface area contributed by atoms with Crippen LogP contribution in [0.25, 0.3) is 6.08 Å². The quantitative estimate of drug-likeness (QED) is 0.274. The molecule has 0 saturated carbocycles. The van der Waals surface area contributed by atoms with Gasteiger partial charge in [-0.1, -0.05) is 24.3 Å². The summed E-state index contributed by atoms with van der Waals surface area (Å²) >= 11 is 10.4. The Morgan fingerprint density at radius 3 is 2.11 bits per heavy atom. The van der Waals surface area contributed by atoms with Gasteiger partial charge in [0.25, 0.3) is 10.5 Å². The van der Waals surface area contributed by atoms with Crippen molar-refractivity contribution < 1.29 is 14.3 Å². The molecule has 0 N–H and O–H groups in total. The predicted molar refractivity (Wildman–Crippen MR) is 71.8 cm³/mol. The molecule has 0 aromatic heterocycles. The van der Waals surface area contributed by atoms with E-state index in [2.05, 4.69) is 0 Å². The number of carbonyl (C=O) groups excluding carboxylic acids is 2. The third kappa shape index (κ3) is 4.35. The van der Waals surface area contributed by atoms with Gasteiger partial charge in [-0.05, 0) is 47.0 Å². The number of carbonyl (C=O) groups is 2. The van der Waals surface area contributed by atoms with E-state index in [9.17, 15) is 9.59 Å². The van der Waals surface area contributed by atoms with Gasteiger partial charge in [-0.2, -0.15) is 0 Å². The van der Waals surface area contributed by atoms with Crippen molar-refractivity contribution in [1.29, 1.82) is 0 Å². The highest BCUT2D eigenvalue weighted by Crippen LogP contribution is 2.13. The molecule has 0 spiro atoms. The SMILES string of the molecule is COc1ccc(/C=C/C=C(C(=O)Cl)C(=O)Cl)cc1. The maximum atomic E-state index is 10.9. The highest BCUT2D eigenvalue weighted by molar-refractivity contribution is 6.79. The molecular formula is C13H10Cl2O3. The summed E-state index contributed by atoms with van der Waals surface area (Å²) in [7, 11) is 1.58. The van der Waals surface area contributed by atoms with Gasteiger partial charge < -0.3 is 4.74 Å². The number of allylic oxidation sites excluding steroid dienone is 3. The lowest BCUT2D eigenvalue weighted by Gasteiger charge is -1.98. The fraction of sp³-hybridized carbons (Fsp3) is 0.0769. The molecule has 94 valence electrons. The first-order valence-corrected chi connectivity index (χ1v) is 5.72. The highest BCUT2D eigenvalue weighted by Gasteiger charge is 2.11. The van der Waals surface area contributed by atoms with Gasteiger partial charge >= 0.3 is 0 Å². The van der Waals surface area contributed by atoms with Crippen molar-refractivity contribution in [2.75, 3.05) is 7.11 Å². The van der Waals surface area contributed by atoms with E-state index >= 15 is 0 Å². The topological polar surface area (TPSA) is 43.4 Å². The molecule has 1 aromatic rings. The van der Waals surface area contributed by atoms with Crippen molar-refractivity contribution >= 4 is 39.8 Å². The largest absolute Gasteiger partial charge is 0.497 e. The summed E-state index contributed by atoms with van der Waals surface area (Å²) in [4.78, 5) is 21.7. The van der Waals surface area contributed by atoms with E-state index in [4.69, 9.17) is 27.9 Å². The first kappa shape index (κ1) is 14.5. The van der Waals surface area contributed by atoms with Crippen molar-refractivity contribution in [3.63, 3.8) is 0 Å². The van der Waals surface area contributed by atoms with Crippen LogP contribution in [0.2, 0.25) is 0 Å². The second-order valence-electron chi connectivity index (χ2n) is 3.26. The Bertz CT molecular complexity index is 485. The van der Waals surface area contributed by atoms with Crippen molar-refractivity contribution in [2.45, 2.75) is 0 Å². The number of halogens is 2. The van der Waals surface area contributed by atoms with E-state index in [0.29, 0.717) is 0 Å². The molecule has 0 fully saturated rings. The standard InChI is InChI=1S/C13H10Cl2O3/c1-18-10-7-5-9(6-8-10)3-2-4-11(12(14)16)13(15)17/h2-8H,1H3/b3-2+. The summed E-state index contributed by atoms with van der Waals surface area (Å²) in [5, 5.41) is -1.76. The average Bonchev–Trinajstić information content (AvgIpc) is 2.34. The molecular weight excluding hydrogens is 275 g/mol. The van der Waals surface area contributed by atoms with E-state index in [1.807, 2.05) is 12.1 Å². The second kappa shape index (κ2) is 6.99. The monoisotopic (exact) mass is 284 g/mol. The van der Waals surface area contributed by atoms with Crippen LogP contribution in [0.1, 0.15) is 5.56 Å². The summed E-state index contributed by atoms with van der Waals surface area (Å²) in [6.45, 7) is 0. The molecule has 0 aliphatic rings. The number of methoxy groups -OCH3 is 1. The molecule has 0 heterocycles. The minimum absolute atomic E-state index is 0.261. The van der Waals surface area contributed by atoms with Gasteiger partial charge in [0, 0.05) is 0 Å². The summed E-state index contributed by atoms with van der Waals surface area (Å²) in [5.41, 5.74) is 0.624. The molecule has 1 rings (SSSR count). The van der Waals surface area contributed by atoms with E-state index in [1.165, 1.54) is 12.2 Å². The molecule has 3 nitrogen and oxygen atoms in total. The normalized spacial score (nSPS) is 10.2. The number of hydrogen-bond donors (Lipinski definition) is 0. The third-order valence-electron chi connectivity index (χ3n) is 2.09.